The van der Waals surface area contributed by atoms with Gasteiger partial charge in [-0.05, 0) is 25.9 Å². The Morgan fingerprint density at radius 1 is 1.20 bits per heavy atom. The molecule has 0 aromatic carbocycles. The molecule has 10 heavy (non-hydrogen) atoms. The van der Waals surface area contributed by atoms with Gasteiger partial charge in [0.25, 0.3) is 0 Å². The fourth-order valence-corrected chi connectivity index (χ4v) is 1.82. The van der Waals surface area contributed by atoms with Gasteiger partial charge < -0.3 is 10.6 Å². The first-order valence-electron chi connectivity index (χ1n) is 4.05. The summed E-state index contributed by atoms with van der Waals surface area (Å²) in [5.74, 6) is 0. The molecule has 0 radical (unpaired) electrons. The lowest BCUT2D eigenvalue weighted by molar-refractivity contribution is 0.327. The van der Waals surface area contributed by atoms with Crippen molar-refractivity contribution >= 4 is 0 Å². The predicted molar refractivity (Wildman–Crippen MR) is 42.0 cm³/mol. The summed E-state index contributed by atoms with van der Waals surface area (Å²) in [4.78, 5) is 0. The van der Waals surface area contributed by atoms with E-state index < -0.39 is 0 Å². The third kappa shape index (κ3) is 0.976. The highest BCUT2D eigenvalue weighted by Gasteiger charge is 2.30. The molecule has 2 heterocycles. The number of hydrogen-bond acceptors (Lipinski definition) is 2. The van der Waals surface area contributed by atoms with Gasteiger partial charge in [0.05, 0.1) is 0 Å². The average molecular weight is 138 g/mol. The van der Waals surface area contributed by atoms with E-state index in [1.807, 2.05) is 0 Å². The second kappa shape index (κ2) is 2.36. The zero-order valence-corrected chi connectivity index (χ0v) is 6.19. The van der Waals surface area contributed by atoms with E-state index in [0.29, 0.717) is 5.54 Å². The van der Waals surface area contributed by atoms with E-state index in [2.05, 4.69) is 22.8 Å². The molecule has 0 saturated carbocycles. The Labute approximate surface area is 61.7 Å². The second-order valence-electron chi connectivity index (χ2n) is 3.19. The normalized spacial score (nSPS) is 29.6. The van der Waals surface area contributed by atoms with Crippen molar-refractivity contribution in [2.75, 3.05) is 19.6 Å². The third-order valence-corrected chi connectivity index (χ3v) is 2.50. The van der Waals surface area contributed by atoms with Crippen LogP contribution in [0.4, 0.5) is 0 Å². The molecule has 2 aliphatic rings. The lowest BCUT2D eigenvalue weighted by Gasteiger charge is -2.32. The summed E-state index contributed by atoms with van der Waals surface area (Å²) in [6.45, 7) is 3.40. The molecule has 2 aliphatic heterocycles. The first kappa shape index (κ1) is 6.38. The molecule has 1 spiro atoms. The van der Waals surface area contributed by atoms with Gasteiger partial charge >= 0.3 is 0 Å². The van der Waals surface area contributed by atoms with Crippen molar-refractivity contribution < 1.29 is 0 Å². The Kier molecular flexibility index (Phi) is 1.51. The zero-order valence-electron chi connectivity index (χ0n) is 6.19. The molecule has 56 valence electrons. The largest absolute Gasteiger partial charge is 0.317 e. The van der Waals surface area contributed by atoms with Crippen LogP contribution in [0.3, 0.4) is 0 Å². The van der Waals surface area contributed by atoms with Crippen LogP contribution in [0.15, 0.2) is 12.2 Å². The third-order valence-electron chi connectivity index (χ3n) is 2.50. The summed E-state index contributed by atoms with van der Waals surface area (Å²) in [6, 6.07) is 0. The maximum absolute atomic E-state index is 3.52. The van der Waals surface area contributed by atoms with Gasteiger partial charge in [0.1, 0.15) is 0 Å². The van der Waals surface area contributed by atoms with Crippen LogP contribution >= 0.6 is 0 Å². The summed E-state index contributed by atoms with van der Waals surface area (Å²) < 4.78 is 0. The minimum absolute atomic E-state index is 0.380. The minimum atomic E-state index is 0.380. The molecular formula is C8H14N2. The van der Waals surface area contributed by atoms with Crippen molar-refractivity contribution in [3.05, 3.63) is 12.2 Å². The molecule has 2 rings (SSSR count). The lowest BCUT2D eigenvalue weighted by Crippen LogP contribution is -2.48. The Balaban J connectivity index is 2.05. The molecule has 0 bridgehead atoms. The molecule has 0 unspecified atom stereocenters. The van der Waals surface area contributed by atoms with Gasteiger partial charge in [-0.2, -0.15) is 0 Å². The molecule has 0 aromatic heterocycles. The van der Waals surface area contributed by atoms with Crippen LogP contribution in [-0.2, 0) is 0 Å². The quantitative estimate of drug-likeness (QED) is 0.469. The summed E-state index contributed by atoms with van der Waals surface area (Å²) >= 11 is 0. The van der Waals surface area contributed by atoms with Crippen LogP contribution in [0.5, 0.6) is 0 Å². The number of hydrogen-bond donors (Lipinski definition) is 2. The van der Waals surface area contributed by atoms with Gasteiger partial charge in [0.2, 0.25) is 0 Å². The van der Waals surface area contributed by atoms with Gasteiger partial charge in [-0.25, -0.2) is 0 Å². The fraction of sp³-hybridized carbons (Fsp3) is 0.750. The van der Waals surface area contributed by atoms with Gasteiger partial charge in [0, 0.05) is 12.1 Å². The van der Waals surface area contributed by atoms with Crippen LogP contribution < -0.4 is 10.6 Å². The van der Waals surface area contributed by atoms with Crippen LogP contribution in [0.25, 0.3) is 0 Å². The molecule has 2 N–H and O–H groups in total. The predicted octanol–water partition coefficient (Wildman–Crippen LogP) is 0.268. The van der Waals surface area contributed by atoms with E-state index in [0.717, 1.165) is 19.6 Å². The van der Waals surface area contributed by atoms with E-state index in [1.165, 1.54) is 12.8 Å². The fourth-order valence-electron chi connectivity index (χ4n) is 1.82. The molecule has 0 atom stereocenters. The lowest BCUT2D eigenvalue weighted by atomic mass is 9.90. The summed E-state index contributed by atoms with van der Waals surface area (Å²) in [5.41, 5.74) is 0.380. The van der Waals surface area contributed by atoms with Crippen LogP contribution in [0.2, 0.25) is 0 Å². The molecule has 1 fully saturated rings. The van der Waals surface area contributed by atoms with E-state index in [4.69, 9.17) is 0 Å². The van der Waals surface area contributed by atoms with Crippen molar-refractivity contribution in [3.8, 4) is 0 Å². The van der Waals surface area contributed by atoms with E-state index in [-0.39, 0.29) is 0 Å². The Morgan fingerprint density at radius 2 is 2.00 bits per heavy atom. The molecule has 2 heteroatoms. The molecular weight excluding hydrogens is 124 g/mol. The SMILES string of the molecule is C1=CC2(CCNCC2)NC1. The number of rotatable bonds is 0. The highest BCUT2D eigenvalue weighted by molar-refractivity contribution is 5.15. The van der Waals surface area contributed by atoms with Crippen LogP contribution in [-0.4, -0.2) is 25.2 Å². The van der Waals surface area contributed by atoms with Crippen molar-refractivity contribution in [1.29, 1.82) is 0 Å². The van der Waals surface area contributed by atoms with Gasteiger partial charge in [-0.1, -0.05) is 12.2 Å². The highest BCUT2D eigenvalue weighted by atomic mass is 15.0. The van der Waals surface area contributed by atoms with Crippen molar-refractivity contribution in [3.63, 3.8) is 0 Å². The maximum Gasteiger partial charge on any atom is 0.0391 e. The molecule has 0 aromatic rings. The zero-order chi connectivity index (χ0) is 6.86. The maximum atomic E-state index is 3.52. The van der Waals surface area contributed by atoms with Gasteiger partial charge in [-0.15, -0.1) is 0 Å². The van der Waals surface area contributed by atoms with E-state index in [1.54, 1.807) is 0 Å². The standard InChI is InChI=1S/C8H14N2/c1-2-8(10-5-1)3-6-9-7-4-8/h1-2,9-10H,3-7H2. The molecule has 0 amide bonds. The molecule has 0 aliphatic carbocycles. The molecule has 2 nitrogen and oxygen atoms in total. The molecule has 1 saturated heterocycles. The van der Waals surface area contributed by atoms with Crippen molar-refractivity contribution in [2.45, 2.75) is 18.4 Å². The Hall–Kier alpha value is -0.340. The number of piperidine rings is 1. The highest BCUT2D eigenvalue weighted by Crippen LogP contribution is 2.22. The Morgan fingerprint density at radius 3 is 2.60 bits per heavy atom. The van der Waals surface area contributed by atoms with Crippen LogP contribution in [0, 0.1) is 0 Å². The van der Waals surface area contributed by atoms with Gasteiger partial charge in [-0.3, -0.25) is 0 Å². The summed E-state index contributed by atoms with van der Waals surface area (Å²) in [5, 5.41) is 6.88. The summed E-state index contributed by atoms with van der Waals surface area (Å²) in [7, 11) is 0. The van der Waals surface area contributed by atoms with Crippen molar-refractivity contribution in [2.24, 2.45) is 0 Å². The average Bonchev–Trinajstić information content (AvgIpc) is 2.39. The Bertz CT molecular complexity index is 145. The van der Waals surface area contributed by atoms with Crippen LogP contribution in [0.1, 0.15) is 12.8 Å². The topological polar surface area (TPSA) is 24.1 Å². The second-order valence-corrected chi connectivity index (χ2v) is 3.19. The van der Waals surface area contributed by atoms with E-state index in [9.17, 15) is 0 Å². The van der Waals surface area contributed by atoms with Crippen molar-refractivity contribution in [1.82, 2.24) is 10.6 Å². The van der Waals surface area contributed by atoms with E-state index >= 15 is 0 Å². The monoisotopic (exact) mass is 138 g/mol. The first-order chi connectivity index (χ1) is 4.91. The smallest absolute Gasteiger partial charge is 0.0391 e. The minimum Gasteiger partial charge on any atom is -0.317 e. The first-order valence-corrected chi connectivity index (χ1v) is 4.05. The summed E-state index contributed by atoms with van der Waals surface area (Å²) in [6.07, 6.45) is 7.09. The van der Waals surface area contributed by atoms with Gasteiger partial charge in [0.15, 0.2) is 0 Å². The number of nitrogens with one attached hydrogen (secondary N) is 2.